The fraction of sp³-hybridized carbons (Fsp3) is 0.545. The molecule has 1 saturated heterocycles. The third-order valence-corrected chi connectivity index (χ3v) is 6.60. The fourth-order valence-corrected chi connectivity index (χ4v) is 4.29. The number of primary sulfonamides is 1. The van der Waals surface area contributed by atoms with E-state index in [1.807, 2.05) is 13.8 Å². The van der Waals surface area contributed by atoms with Gasteiger partial charge in [-0.05, 0) is 43.1 Å². The van der Waals surface area contributed by atoms with Gasteiger partial charge in [-0.2, -0.15) is 0 Å². The molecular formula is C22H33N7O5S. The summed E-state index contributed by atoms with van der Waals surface area (Å²) in [4.78, 5) is 27.5. The van der Waals surface area contributed by atoms with Crippen molar-refractivity contribution in [1.82, 2.24) is 30.5 Å². The molecule has 0 saturated carbocycles. The predicted molar refractivity (Wildman–Crippen MR) is 128 cm³/mol. The summed E-state index contributed by atoms with van der Waals surface area (Å²) in [6.07, 6.45) is 2.49. The van der Waals surface area contributed by atoms with Gasteiger partial charge in [-0.25, -0.2) is 18.2 Å². The highest BCUT2D eigenvalue weighted by Crippen LogP contribution is 2.17. The number of ether oxygens (including phenoxy) is 1. The molecule has 2 aromatic rings. The lowest BCUT2D eigenvalue weighted by Crippen LogP contribution is -2.39. The Balaban J connectivity index is 1.50. The molecule has 1 unspecified atom stereocenters. The third kappa shape index (κ3) is 7.82. The molecule has 1 aliphatic rings. The first-order chi connectivity index (χ1) is 16.6. The summed E-state index contributed by atoms with van der Waals surface area (Å²) >= 11 is 0. The number of amides is 2. The van der Waals surface area contributed by atoms with Crippen LogP contribution < -0.4 is 15.8 Å². The van der Waals surface area contributed by atoms with E-state index in [4.69, 9.17) is 9.88 Å². The van der Waals surface area contributed by atoms with E-state index in [1.165, 1.54) is 28.9 Å². The van der Waals surface area contributed by atoms with Gasteiger partial charge in [-0.1, -0.05) is 19.1 Å². The molecule has 0 aliphatic carbocycles. The number of hydrogen-bond acceptors (Lipinski definition) is 8. The summed E-state index contributed by atoms with van der Waals surface area (Å²) < 4.78 is 29.5. The van der Waals surface area contributed by atoms with Gasteiger partial charge in [0.2, 0.25) is 15.9 Å². The van der Waals surface area contributed by atoms with Crippen molar-refractivity contribution in [1.29, 1.82) is 0 Å². The van der Waals surface area contributed by atoms with E-state index in [1.54, 1.807) is 6.20 Å². The van der Waals surface area contributed by atoms with Crippen LogP contribution in [0.3, 0.4) is 0 Å². The Hall–Kier alpha value is -2.87. The van der Waals surface area contributed by atoms with E-state index in [0.717, 1.165) is 39.3 Å². The summed E-state index contributed by atoms with van der Waals surface area (Å²) in [7, 11) is -3.83. The SMILES string of the molecule is CC(C)C(C(=O)NCCCN1CCOCC1)n1cc(CNC(=O)c2ccc(S(N)(=O)=O)cc2)nn1. The van der Waals surface area contributed by atoms with Gasteiger partial charge in [-0.15, -0.1) is 5.10 Å². The number of benzene rings is 1. The van der Waals surface area contributed by atoms with Crippen molar-refractivity contribution < 1.29 is 22.7 Å². The number of nitrogens with one attached hydrogen (secondary N) is 2. The van der Waals surface area contributed by atoms with Crippen LogP contribution in [0.15, 0.2) is 35.4 Å². The van der Waals surface area contributed by atoms with Crippen LogP contribution >= 0.6 is 0 Å². The van der Waals surface area contributed by atoms with Crippen LogP contribution in [0.25, 0.3) is 0 Å². The van der Waals surface area contributed by atoms with E-state index in [2.05, 4.69) is 25.8 Å². The molecule has 0 radical (unpaired) electrons. The summed E-state index contributed by atoms with van der Waals surface area (Å²) in [6.45, 7) is 8.79. The monoisotopic (exact) mass is 507 g/mol. The normalized spacial score (nSPS) is 15.7. The Morgan fingerprint density at radius 2 is 1.83 bits per heavy atom. The largest absolute Gasteiger partial charge is 0.379 e. The van der Waals surface area contributed by atoms with Crippen molar-refractivity contribution >= 4 is 21.8 Å². The van der Waals surface area contributed by atoms with Crippen LogP contribution in [0, 0.1) is 5.92 Å². The van der Waals surface area contributed by atoms with Crippen LogP contribution in [-0.2, 0) is 26.1 Å². The lowest BCUT2D eigenvalue weighted by Gasteiger charge is -2.26. The lowest BCUT2D eigenvalue weighted by molar-refractivity contribution is -0.125. The zero-order valence-electron chi connectivity index (χ0n) is 20.0. The highest BCUT2D eigenvalue weighted by atomic mass is 32.2. The van der Waals surface area contributed by atoms with Gasteiger partial charge < -0.3 is 15.4 Å². The van der Waals surface area contributed by atoms with Gasteiger partial charge >= 0.3 is 0 Å². The number of nitrogens with two attached hydrogens (primary N) is 1. The molecule has 2 heterocycles. The molecule has 3 rings (SSSR count). The lowest BCUT2D eigenvalue weighted by atomic mass is 10.0. The summed E-state index contributed by atoms with van der Waals surface area (Å²) in [5.74, 6) is -0.549. The zero-order chi connectivity index (χ0) is 25.4. The van der Waals surface area contributed by atoms with Gasteiger partial charge in [0.15, 0.2) is 0 Å². The zero-order valence-corrected chi connectivity index (χ0v) is 20.8. The quantitative estimate of drug-likeness (QED) is 0.355. The van der Waals surface area contributed by atoms with Crippen LogP contribution in [0.5, 0.6) is 0 Å². The molecule has 2 amide bonds. The second kappa shape index (κ2) is 12.2. The van der Waals surface area contributed by atoms with Crippen molar-refractivity contribution in [3.05, 3.63) is 41.7 Å². The molecule has 1 aromatic heterocycles. The predicted octanol–water partition coefficient (Wildman–Crippen LogP) is -0.109. The molecule has 0 spiro atoms. The Kier molecular flexibility index (Phi) is 9.32. The molecule has 0 bridgehead atoms. The highest BCUT2D eigenvalue weighted by Gasteiger charge is 2.25. The van der Waals surface area contributed by atoms with E-state index in [9.17, 15) is 18.0 Å². The van der Waals surface area contributed by atoms with Crippen molar-refractivity contribution in [3.8, 4) is 0 Å². The minimum absolute atomic E-state index is 0.0178. The highest BCUT2D eigenvalue weighted by molar-refractivity contribution is 7.89. The molecule has 1 fully saturated rings. The average Bonchev–Trinajstić information content (AvgIpc) is 3.28. The molecule has 4 N–H and O–H groups in total. The third-order valence-electron chi connectivity index (χ3n) is 5.67. The Bertz CT molecular complexity index is 1100. The topological polar surface area (TPSA) is 162 Å². The van der Waals surface area contributed by atoms with Crippen LogP contribution in [0.4, 0.5) is 0 Å². The smallest absolute Gasteiger partial charge is 0.251 e. The van der Waals surface area contributed by atoms with Crippen LogP contribution in [0.1, 0.15) is 42.4 Å². The van der Waals surface area contributed by atoms with Crippen LogP contribution in [0.2, 0.25) is 0 Å². The second-order valence-corrected chi connectivity index (χ2v) is 10.3. The maximum Gasteiger partial charge on any atom is 0.251 e. The average molecular weight is 508 g/mol. The van der Waals surface area contributed by atoms with Crippen molar-refractivity contribution in [2.75, 3.05) is 39.4 Å². The summed E-state index contributed by atoms with van der Waals surface area (Å²) in [5.41, 5.74) is 0.770. The van der Waals surface area contributed by atoms with Gasteiger partial charge in [0, 0.05) is 25.2 Å². The maximum absolute atomic E-state index is 12.8. The molecule has 1 aliphatic heterocycles. The molecule has 1 atom stereocenters. The Labute approximate surface area is 205 Å². The number of morpholine rings is 1. The number of rotatable bonds is 11. The fourth-order valence-electron chi connectivity index (χ4n) is 3.77. The summed E-state index contributed by atoms with van der Waals surface area (Å²) in [6, 6.07) is 4.77. The molecule has 13 heteroatoms. The first-order valence-corrected chi connectivity index (χ1v) is 13.1. The number of carbonyl (C=O) groups is 2. The van der Waals surface area contributed by atoms with E-state index in [0.29, 0.717) is 12.2 Å². The van der Waals surface area contributed by atoms with Crippen molar-refractivity contribution in [2.45, 2.75) is 37.8 Å². The number of sulfonamides is 1. The van der Waals surface area contributed by atoms with Gasteiger partial charge in [0.05, 0.1) is 30.9 Å². The Morgan fingerprint density at radius 1 is 1.14 bits per heavy atom. The summed E-state index contributed by atoms with van der Waals surface area (Å²) in [5, 5.41) is 18.9. The van der Waals surface area contributed by atoms with Crippen molar-refractivity contribution in [3.63, 3.8) is 0 Å². The van der Waals surface area contributed by atoms with Crippen LogP contribution in [-0.4, -0.2) is 79.5 Å². The Morgan fingerprint density at radius 3 is 2.46 bits per heavy atom. The van der Waals surface area contributed by atoms with E-state index in [-0.39, 0.29) is 28.8 Å². The molecular weight excluding hydrogens is 474 g/mol. The minimum Gasteiger partial charge on any atom is -0.379 e. The maximum atomic E-state index is 12.8. The van der Waals surface area contributed by atoms with Gasteiger partial charge in [0.25, 0.3) is 5.91 Å². The number of aromatic nitrogens is 3. The standard InChI is InChI=1S/C22H33N7O5S/c1-16(2)20(22(31)24-8-3-9-28-10-12-34-13-11-28)29-15-18(26-27-29)14-25-21(30)17-4-6-19(7-5-17)35(23,32)33/h4-7,15-16,20H,3,8-14H2,1-2H3,(H,24,31)(H,25,30)(H2,23,32,33). The molecule has 12 nitrogen and oxygen atoms in total. The number of nitrogens with zero attached hydrogens (tertiary/aromatic N) is 4. The molecule has 192 valence electrons. The van der Waals surface area contributed by atoms with E-state index >= 15 is 0 Å². The second-order valence-electron chi connectivity index (χ2n) is 8.73. The molecule has 35 heavy (non-hydrogen) atoms. The first kappa shape index (κ1) is 26.7. The first-order valence-electron chi connectivity index (χ1n) is 11.5. The van der Waals surface area contributed by atoms with Gasteiger partial charge in [0.1, 0.15) is 11.7 Å². The van der Waals surface area contributed by atoms with Gasteiger partial charge in [-0.3, -0.25) is 14.5 Å². The van der Waals surface area contributed by atoms with E-state index < -0.39 is 22.0 Å². The number of carbonyl (C=O) groups excluding carboxylic acids is 2. The number of hydrogen-bond donors (Lipinski definition) is 3. The molecule has 1 aromatic carbocycles. The minimum atomic E-state index is -3.83. The van der Waals surface area contributed by atoms with Crippen molar-refractivity contribution in [2.24, 2.45) is 11.1 Å².